The molecule has 116 valence electrons. The summed E-state index contributed by atoms with van der Waals surface area (Å²) >= 11 is 0. The zero-order chi connectivity index (χ0) is 14.6. The summed E-state index contributed by atoms with van der Waals surface area (Å²) in [6.07, 6.45) is 4.31. The Morgan fingerprint density at radius 3 is 2.60 bits per heavy atom. The topological polar surface area (TPSA) is 62.4 Å². The largest absolute Gasteiger partial charge is 0.444 e. The molecule has 0 aromatic rings. The maximum atomic E-state index is 12.0. The lowest BCUT2D eigenvalue weighted by Gasteiger charge is -2.40. The molecule has 2 heterocycles. The zero-order valence-corrected chi connectivity index (χ0v) is 13.0. The van der Waals surface area contributed by atoms with E-state index < -0.39 is 5.60 Å². The van der Waals surface area contributed by atoms with E-state index in [1.807, 2.05) is 20.8 Å². The summed E-state index contributed by atoms with van der Waals surface area (Å²) in [5, 5.41) is 10.1. The highest BCUT2D eigenvalue weighted by Crippen LogP contribution is 2.22. The number of carbonyl (C=O) groups excluding carboxylic acids is 1. The minimum Gasteiger partial charge on any atom is -0.444 e. The molecule has 0 aromatic carbocycles. The fraction of sp³-hybridized carbons (Fsp3) is 0.933. The van der Waals surface area contributed by atoms with Gasteiger partial charge in [-0.2, -0.15) is 0 Å². The first-order valence-electron chi connectivity index (χ1n) is 7.89. The van der Waals surface area contributed by atoms with Crippen molar-refractivity contribution in [3.05, 3.63) is 0 Å². The van der Waals surface area contributed by atoms with Crippen molar-refractivity contribution in [3.8, 4) is 0 Å². The van der Waals surface area contributed by atoms with Gasteiger partial charge >= 0.3 is 6.09 Å². The fourth-order valence-electron chi connectivity index (χ4n) is 3.21. The van der Waals surface area contributed by atoms with E-state index in [-0.39, 0.29) is 12.1 Å². The second kappa shape index (κ2) is 6.76. The van der Waals surface area contributed by atoms with Crippen molar-refractivity contribution in [1.82, 2.24) is 16.0 Å². The molecule has 2 saturated heterocycles. The molecule has 3 atom stereocenters. The summed E-state index contributed by atoms with van der Waals surface area (Å²) in [6.45, 7) is 8.90. The molecular weight excluding hydrogens is 254 g/mol. The predicted octanol–water partition coefficient (Wildman–Crippen LogP) is 1.63. The molecule has 1 amide bonds. The third-order valence-corrected chi connectivity index (χ3v) is 4.05. The van der Waals surface area contributed by atoms with Gasteiger partial charge in [-0.15, -0.1) is 0 Å². The molecule has 2 aliphatic heterocycles. The second-order valence-electron chi connectivity index (χ2n) is 6.98. The number of hydrogen-bond acceptors (Lipinski definition) is 4. The Labute approximate surface area is 122 Å². The van der Waals surface area contributed by atoms with Gasteiger partial charge in [0.05, 0.1) is 0 Å². The van der Waals surface area contributed by atoms with E-state index in [0.717, 1.165) is 32.5 Å². The van der Waals surface area contributed by atoms with Crippen molar-refractivity contribution >= 4 is 6.09 Å². The van der Waals surface area contributed by atoms with Crippen LogP contribution in [0.5, 0.6) is 0 Å². The Morgan fingerprint density at radius 1 is 1.20 bits per heavy atom. The van der Waals surface area contributed by atoms with Gasteiger partial charge in [-0.25, -0.2) is 4.79 Å². The SMILES string of the molecule is CC(C)(C)OC(=O)N[C@@H]1CCCN[C@H]1C1CCCNC1. The number of amides is 1. The monoisotopic (exact) mass is 283 g/mol. The standard InChI is InChI=1S/C15H29N3O2/c1-15(2,3)20-14(19)18-12-7-5-9-17-13(12)11-6-4-8-16-10-11/h11-13,16-17H,4-10H2,1-3H3,(H,18,19)/t11?,12-,13+/m1/s1. The summed E-state index contributed by atoms with van der Waals surface area (Å²) < 4.78 is 5.38. The molecule has 0 saturated carbocycles. The minimum absolute atomic E-state index is 0.184. The first-order valence-corrected chi connectivity index (χ1v) is 7.89. The number of carbonyl (C=O) groups is 1. The number of hydrogen-bond donors (Lipinski definition) is 3. The molecule has 2 rings (SSSR count). The van der Waals surface area contributed by atoms with Gasteiger partial charge in [0.2, 0.25) is 0 Å². The number of ether oxygens (including phenoxy) is 1. The van der Waals surface area contributed by atoms with E-state index in [0.29, 0.717) is 12.0 Å². The molecule has 0 bridgehead atoms. The van der Waals surface area contributed by atoms with E-state index in [4.69, 9.17) is 4.74 Å². The lowest BCUT2D eigenvalue weighted by molar-refractivity contribution is 0.0464. The first-order chi connectivity index (χ1) is 9.46. The molecule has 5 heteroatoms. The van der Waals surface area contributed by atoms with E-state index >= 15 is 0 Å². The van der Waals surface area contributed by atoms with Crippen LogP contribution >= 0.6 is 0 Å². The Morgan fingerprint density at radius 2 is 1.95 bits per heavy atom. The number of piperidine rings is 2. The molecule has 20 heavy (non-hydrogen) atoms. The average Bonchev–Trinajstić information content (AvgIpc) is 2.38. The average molecular weight is 283 g/mol. The third-order valence-electron chi connectivity index (χ3n) is 4.05. The summed E-state index contributed by atoms with van der Waals surface area (Å²) in [5.74, 6) is 0.601. The first kappa shape index (κ1) is 15.6. The van der Waals surface area contributed by atoms with Crippen LogP contribution in [-0.4, -0.2) is 43.4 Å². The smallest absolute Gasteiger partial charge is 0.407 e. The second-order valence-corrected chi connectivity index (χ2v) is 6.98. The summed E-state index contributed by atoms with van der Waals surface area (Å²) in [5.41, 5.74) is -0.436. The Hall–Kier alpha value is -0.810. The van der Waals surface area contributed by atoms with Crippen molar-refractivity contribution in [2.75, 3.05) is 19.6 Å². The van der Waals surface area contributed by atoms with Gasteiger partial charge < -0.3 is 20.7 Å². The number of rotatable bonds is 2. The van der Waals surface area contributed by atoms with Gasteiger partial charge in [0.25, 0.3) is 0 Å². The highest BCUT2D eigenvalue weighted by Gasteiger charge is 2.34. The molecule has 2 fully saturated rings. The molecular formula is C15H29N3O2. The van der Waals surface area contributed by atoms with Crippen LogP contribution in [0.2, 0.25) is 0 Å². The Bertz CT molecular complexity index is 322. The van der Waals surface area contributed by atoms with Crippen LogP contribution in [0, 0.1) is 5.92 Å². The van der Waals surface area contributed by atoms with E-state index in [1.54, 1.807) is 0 Å². The minimum atomic E-state index is -0.436. The predicted molar refractivity (Wildman–Crippen MR) is 79.8 cm³/mol. The highest BCUT2D eigenvalue weighted by atomic mass is 16.6. The number of nitrogens with one attached hydrogen (secondary N) is 3. The summed E-state index contributed by atoms with van der Waals surface area (Å²) in [7, 11) is 0. The molecule has 2 aliphatic rings. The molecule has 5 nitrogen and oxygen atoms in total. The molecule has 3 N–H and O–H groups in total. The highest BCUT2D eigenvalue weighted by molar-refractivity contribution is 5.68. The van der Waals surface area contributed by atoms with E-state index in [1.165, 1.54) is 12.8 Å². The van der Waals surface area contributed by atoms with Crippen molar-refractivity contribution in [3.63, 3.8) is 0 Å². The van der Waals surface area contributed by atoms with Gasteiger partial charge in [-0.05, 0) is 72.0 Å². The third kappa shape index (κ3) is 4.63. The van der Waals surface area contributed by atoms with Crippen LogP contribution in [0.1, 0.15) is 46.5 Å². The molecule has 0 aliphatic carbocycles. The van der Waals surface area contributed by atoms with E-state index in [9.17, 15) is 4.79 Å². The van der Waals surface area contributed by atoms with Gasteiger partial charge in [0.15, 0.2) is 0 Å². The van der Waals surface area contributed by atoms with Crippen LogP contribution in [0.15, 0.2) is 0 Å². The maximum absolute atomic E-state index is 12.0. The normalized spacial score (nSPS) is 31.6. The summed E-state index contributed by atoms with van der Waals surface area (Å²) in [4.78, 5) is 12.0. The fourth-order valence-corrected chi connectivity index (χ4v) is 3.21. The maximum Gasteiger partial charge on any atom is 0.407 e. The van der Waals surface area contributed by atoms with Gasteiger partial charge in [-0.1, -0.05) is 0 Å². The van der Waals surface area contributed by atoms with Crippen molar-refractivity contribution in [2.45, 2.75) is 64.1 Å². The van der Waals surface area contributed by atoms with Crippen molar-refractivity contribution in [1.29, 1.82) is 0 Å². The van der Waals surface area contributed by atoms with E-state index in [2.05, 4.69) is 16.0 Å². The molecule has 1 unspecified atom stereocenters. The van der Waals surface area contributed by atoms with Crippen LogP contribution in [0.3, 0.4) is 0 Å². The van der Waals surface area contributed by atoms with Crippen molar-refractivity contribution in [2.24, 2.45) is 5.92 Å². The lowest BCUT2D eigenvalue weighted by atomic mass is 9.83. The van der Waals surface area contributed by atoms with Crippen molar-refractivity contribution < 1.29 is 9.53 Å². The zero-order valence-electron chi connectivity index (χ0n) is 13.0. The summed E-state index contributed by atoms with van der Waals surface area (Å²) in [6, 6.07) is 0.549. The van der Waals surface area contributed by atoms with Gasteiger partial charge in [0.1, 0.15) is 5.60 Å². The Kier molecular flexibility index (Phi) is 5.27. The van der Waals surface area contributed by atoms with Crippen LogP contribution in [-0.2, 0) is 4.74 Å². The number of alkyl carbamates (subject to hydrolysis) is 1. The quantitative estimate of drug-likeness (QED) is 0.721. The molecule has 0 radical (unpaired) electrons. The van der Waals surface area contributed by atoms with Gasteiger partial charge in [0, 0.05) is 12.1 Å². The molecule has 0 aromatic heterocycles. The molecule has 0 spiro atoms. The lowest BCUT2D eigenvalue weighted by Crippen LogP contribution is -2.59. The Balaban J connectivity index is 1.91. The van der Waals surface area contributed by atoms with Crippen LogP contribution in [0.4, 0.5) is 4.79 Å². The van der Waals surface area contributed by atoms with Crippen LogP contribution in [0.25, 0.3) is 0 Å². The van der Waals surface area contributed by atoms with Gasteiger partial charge in [-0.3, -0.25) is 0 Å². The van der Waals surface area contributed by atoms with Crippen LogP contribution < -0.4 is 16.0 Å².